The molecule has 0 saturated carbocycles. The second-order valence-corrected chi connectivity index (χ2v) is 9.72. The fraction of sp³-hybridized carbons (Fsp3) is 0.417. The quantitative estimate of drug-likeness (QED) is 0.489. The van der Waals surface area contributed by atoms with Crippen LogP contribution in [0.2, 0.25) is 0 Å². The zero-order valence-electron chi connectivity index (χ0n) is 20.3. The van der Waals surface area contributed by atoms with Gasteiger partial charge in [0, 0.05) is 19.2 Å². The van der Waals surface area contributed by atoms with Crippen LogP contribution in [0.25, 0.3) is 0 Å². The maximum Gasteiger partial charge on any atom is 0.244 e. The second-order valence-electron chi connectivity index (χ2n) is 7.81. The van der Waals surface area contributed by atoms with Gasteiger partial charge in [-0.3, -0.25) is 13.9 Å². The Morgan fingerprint density at radius 3 is 2.24 bits per heavy atom. The summed E-state index contributed by atoms with van der Waals surface area (Å²) in [4.78, 5) is 27.6. The number of rotatable bonds is 12. The maximum absolute atomic E-state index is 13.5. The first-order valence-electron chi connectivity index (χ1n) is 10.9. The highest BCUT2D eigenvalue weighted by Gasteiger charge is 2.30. The van der Waals surface area contributed by atoms with Gasteiger partial charge in [-0.25, -0.2) is 8.42 Å². The fourth-order valence-corrected chi connectivity index (χ4v) is 4.17. The maximum atomic E-state index is 13.5. The van der Waals surface area contributed by atoms with Gasteiger partial charge < -0.3 is 19.7 Å². The zero-order chi connectivity index (χ0) is 25.3. The Morgan fingerprint density at radius 1 is 1.03 bits per heavy atom. The van der Waals surface area contributed by atoms with Crippen LogP contribution < -0.4 is 19.1 Å². The predicted molar refractivity (Wildman–Crippen MR) is 131 cm³/mol. The van der Waals surface area contributed by atoms with Crippen molar-refractivity contribution in [3.05, 3.63) is 54.1 Å². The van der Waals surface area contributed by atoms with E-state index in [1.165, 1.54) is 18.1 Å². The number of carbonyl (C=O) groups is 2. The highest BCUT2D eigenvalue weighted by molar-refractivity contribution is 7.92. The van der Waals surface area contributed by atoms with Gasteiger partial charge >= 0.3 is 0 Å². The minimum absolute atomic E-state index is 0.104. The van der Waals surface area contributed by atoms with Crippen LogP contribution in [-0.4, -0.2) is 64.7 Å². The third-order valence-electron chi connectivity index (χ3n) is 5.22. The Morgan fingerprint density at radius 2 is 1.65 bits per heavy atom. The Labute approximate surface area is 201 Å². The van der Waals surface area contributed by atoms with Crippen molar-refractivity contribution in [2.24, 2.45) is 0 Å². The average molecular weight is 492 g/mol. The van der Waals surface area contributed by atoms with Gasteiger partial charge in [0.15, 0.2) is 0 Å². The van der Waals surface area contributed by atoms with Crippen molar-refractivity contribution in [1.82, 2.24) is 10.2 Å². The van der Waals surface area contributed by atoms with Crippen LogP contribution in [0.1, 0.15) is 25.8 Å². The van der Waals surface area contributed by atoms with E-state index in [1.54, 1.807) is 50.4 Å². The van der Waals surface area contributed by atoms with Gasteiger partial charge in [0.2, 0.25) is 21.8 Å². The van der Waals surface area contributed by atoms with E-state index >= 15 is 0 Å². The molecule has 0 spiro atoms. The van der Waals surface area contributed by atoms with Crippen LogP contribution in [0.15, 0.2) is 48.5 Å². The SMILES string of the molecule is CCCNC(=O)[C@H](C)N(Cc1cccc(OC)c1)C(=O)CN(c1cccc(OC)c1)S(C)(=O)=O. The molecular weight excluding hydrogens is 458 g/mol. The molecule has 2 aromatic rings. The number of carbonyl (C=O) groups excluding carboxylic acids is 2. The molecule has 9 nitrogen and oxygen atoms in total. The summed E-state index contributed by atoms with van der Waals surface area (Å²) < 4.78 is 36.7. The molecule has 34 heavy (non-hydrogen) atoms. The van der Waals surface area contributed by atoms with Crippen LogP contribution in [0, 0.1) is 0 Å². The lowest BCUT2D eigenvalue weighted by molar-refractivity contribution is -0.139. The summed E-state index contributed by atoms with van der Waals surface area (Å²) in [5, 5.41) is 2.80. The molecule has 0 aliphatic heterocycles. The van der Waals surface area contributed by atoms with Crippen molar-refractivity contribution in [2.75, 3.05) is 37.9 Å². The monoisotopic (exact) mass is 491 g/mol. The molecular formula is C24H33N3O6S. The molecule has 0 aliphatic carbocycles. The first kappa shape index (κ1) is 27.0. The molecule has 0 fully saturated rings. The molecule has 0 aliphatic rings. The third-order valence-corrected chi connectivity index (χ3v) is 6.36. The second kappa shape index (κ2) is 12.3. The standard InChI is InChI=1S/C24H33N3O6S/c1-6-13-25-24(29)18(2)26(16-19-9-7-11-21(14-19)32-3)23(28)17-27(34(5,30)31)20-10-8-12-22(15-20)33-4/h7-12,14-15,18H,6,13,16-17H2,1-5H3,(H,25,29)/t18-/m0/s1. The van der Waals surface area contributed by atoms with Crippen molar-refractivity contribution >= 4 is 27.5 Å². The van der Waals surface area contributed by atoms with Crippen molar-refractivity contribution in [1.29, 1.82) is 0 Å². The lowest BCUT2D eigenvalue weighted by Crippen LogP contribution is -2.51. The Kier molecular flexibility index (Phi) is 9.73. The topological polar surface area (TPSA) is 105 Å². The normalized spacial score (nSPS) is 11.9. The summed E-state index contributed by atoms with van der Waals surface area (Å²) in [5.74, 6) is 0.238. The Balaban J connectivity index is 2.39. The van der Waals surface area contributed by atoms with Crippen LogP contribution in [0.4, 0.5) is 5.69 Å². The minimum Gasteiger partial charge on any atom is -0.497 e. The molecule has 10 heteroatoms. The van der Waals surface area contributed by atoms with E-state index in [1.807, 2.05) is 13.0 Å². The number of sulfonamides is 1. The van der Waals surface area contributed by atoms with E-state index in [2.05, 4.69) is 5.32 Å². The van der Waals surface area contributed by atoms with Gasteiger partial charge in [-0.05, 0) is 43.2 Å². The van der Waals surface area contributed by atoms with E-state index in [-0.39, 0.29) is 12.5 Å². The van der Waals surface area contributed by atoms with E-state index in [0.717, 1.165) is 22.5 Å². The van der Waals surface area contributed by atoms with Crippen LogP contribution in [-0.2, 0) is 26.2 Å². The molecule has 2 amide bonds. The number of ether oxygens (including phenoxy) is 2. The summed E-state index contributed by atoms with van der Waals surface area (Å²) in [7, 11) is -0.789. The van der Waals surface area contributed by atoms with Gasteiger partial charge in [-0.15, -0.1) is 0 Å². The molecule has 1 atom stereocenters. The largest absolute Gasteiger partial charge is 0.497 e. The lowest BCUT2D eigenvalue weighted by Gasteiger charge is -2.31. The predicted octanol–water partition coefficient (Wildman–Crippen LogP) is 2.41. The molecule has 0 heterocycles. The van der Waals surface area contributed by atoms with Crippen molar-refractivity contribution in [3.8, 4) is 11.5 Å². The van der Waals surface area contributed by atoms with E-state index in [4.69, 9.17) is 9.47 Å². The summed E-state index contributed by atoms with van der Waals surface area (Å²) in [5.41, 5.74) is 1.04. The first-order valence-corrected chi connectivity index (χ1v) is 12.8. The smallest absolute Gasteiger partial charge is 0.244 e. The number of amides is 2. The van der Waals surface area contributed by atoms with Crippen LogP contribution in [0.3, 0.4) is 0 Å². The van der Waals surface area contributed by atoms with E-state index in [9.17, 15) is 18.0 Å². The van der Waals surface area contributed by atoms with Crippen LogP contribution >= 0.6 is 0 Å². The van der Waals surface area contributed by atoms with Crippen LogP contribution in [0.5, 0.6) is 11.5 Å². The molecule has 0 saturated heterocycles. The summed E-state index contributed by atoms with van der Waals surface area (Å²) >= 11 is 0. The molecule has 2 aromatic carbocycles. The molecule has 2 rings (SSSR count). The summed E-state index contributed by atoms with van der Waals surface area (Å²) in [6.07, 6.45) is 1.78. The Hall–Kier alpha value is -3.27. The fourth-order valence-electron chi connectivity index (χ4n) is 3.33. The number of benzene rings is 2. The summed E-state index contributed by atoms with van der Waals surface area (Å²) in [6, 6.07) is 12.8. The minimum atomic E-state index is -3.81. The number of methoxy groups -OCH3 is 2. The van der Waals surface area contributed by atoms with E-state index < -0.39 is 28.5 Å². The molecule has 186 valence electrons. The summed E-state index contributed by atoms with van der Waals surface area (Å²) in [6.45, 7) is 3.67. The number of hydrogen-bond acceptors (Lipinski definition) is 6. The van der Waals surface area contributed by atoms with Gasteiger partial charge in [0.05, 0.1) is 26.2 Å². The number of anilines is 1. The first-order chi connectivity index (χ1) is 16.1. The zero-order valence-corrected chi connectivity index (χ0v) is 21.1. The number of nitrogens with one attached hydrogen (secondary N) is 1. The highest BCUT2D eigenvalue weighted by Crippen LogP contribution is 2.24. The van der Waals surface area contributed by atoms with E-state index in [0.29, 0.717) is 23.7 Å². The molecule has 1 N–H and O–H groups in total. The van der Waals surface area contributed by atoms with Crippen molar-refractivity contribution in [2.45, 2.75) is 32.9 Å². The average Bonchev–Trinajstić information content (AvgIpc) is 2.83. The molecule has 0 aromatic heterocycles. The molecule has 0 bridgehead atoms. The van der Waals surface area contributed by atoms with Gasteiger partial charge in [0.25, 0.3) is 0 Å². The van der Waals surface area contributed by atoms with Gasteiger partial charge in [-0.1, -0.05) is 25.1 Å². The van der Waals surface area contributed by atoms with Gasteiger partial charge in [-0.2, -0.15) is 0 Å². The number of nitrogens with zero attached hydrogens (tertiary/aromatic N) is 2. The van der Waals surface area contributed by atoms with Crippen molar-refractivity contribution < 1.29 is 27.5 Å². The molecule has 0 radical (unpaired) electrons. The third kappa shape index (κ3) is 7.38. The van der Waals surface area contributed by atoms with Gasteiger partial charge in [0.1, 0.15) is 24.1 Å². The van der Waals surface area contributed by atoms with Crippen molar-refractivity contribution in [3.63, 3.8) is 0 Å². The molecule has 0 unspecified atom stereocenters. The number of hydrogen-bond donors (Lipinski definition) is 1. The highest BCUT2D eigenvalue weighted by atomic mass is 32.2. The lowest BCUT2D eigenvalue weighted by atomic mass is 10.1. The Bertz CT molecular complexity index is 1090.